The second-order valence-electron chi connectivity index (χ2n) is 7.24. The summed E-state index contributed by atoms with van der Waals surface area (Å²) in [7, 11) is 3.49. The highest BCUT2D eigenvalue weighted by Gasteiger charge is 2.66. The van der Waals surface area contributed by atoms with E-state index in [2.05, 4.69) is 28.1 Å². The minimum Gasteiger partial charge on any atom is -0.381 e. The number of rotatable bonds is 1. The van der Waals surface area contributed by atoms with Crippen LogP contribution in [0.2, 0.25) is 0 Å². The lowest BCUT2D eigenvalue weighted by Gasteiger charge is -2.45. The maximum absolute atomic E-state index is 13.3. The van der Waals surface area contributed by atoms with Gasteiger partial charge in [-0.05, 0) is 55.4 Å². The van der Waals surface area contributed by atoms with E-state index in [1.54, 1.807) is 14.2 Å². The van der Waals surface area contributed by atoms with Gasteiger partial charge >= 0.3 is 0 Å². The van der Waals surface area contributed by atoms with Crippen LogP contribution in [0.15, 0.2) is 27.7 Å². The molecule has 0 aromatic heterocycles. The van der Waals surface area contributed by atoms with Crippen molar-refractivity contribution in [3.8, 4) is 0 Å². The Balaban J connectivity index is 0.000000948. The molecule has 6 heteroatoms. The Morgan fingerprint density at radius 3 is 2.50 bits per heavy atom. The molecule has 0 bridgehead atoms. The molecular weight excluding hydrogens is 394 g/mol. The van der Waals surface area contributed by atoms with Crippen LogP contribution in [0, 0.1) is 5.41 Å². The number of benzene rings is 1. The van der Waals surface area contributed by atoms with Gasteiger partial charge in [0.05, 0.1) is 6.10 Å². The summed E-state index contributed by atoms with van der Waals surface area (Å²) in [5.74, 6) is 0.328. The zero-order valence-electron chi connectivity index (χ0n) is 16.0. The fraction of sp³-hybridized carbons (Fsp3) is 0.600. The largest absolute Gasteiger partial charge is 0.381 e. The van der Waals surface area contributed by atoms with Crippen molar-refractivity contribution < 1.29 is 9.53 Å². The van der Waals surface area contributed by atoms with Crippen LogP contribution in [-0.2, 0) is 21.5 Å². The monoisotopic (exact) mass is 421 g/mol. The highest BCUT2D eigenvalue weighted by molar-refractivity contribution is 9.10. The van der Waals surface area contributed by atoms with E-state index in [0.29, 0.717) is 5.96 Å². The lowest BCUT2D eigenvalue weighted by atomic mass is 9.61. The van der Waals surface area contributed by atoms with Crippen LogP contribution in [0.25, 0.3) is 0 Å². The van der Waals surface area contributed by atoms with Gasteiger partial charge in [0.25, 0.3) is 5.91 Å². The predicted octanol–water partition coefficient (Wildman–Crippen LogP) is 3.59. The number of aliphatic imine (C=N–C) groups is 1. The number of guanidine groups is 1. The maximum Gasteiger partial charge on any atom is 0.262 e. The second-order valence-corrected chi connectivity index (χ2v) is 8.15. The Kier molecular flexibility index (Phi) is 5.19. The summed E-state index contributed by atoms with van der Waals surface area (Å²) in [5.41, 5.74) is 7.25. The summed E-state index contributed by atoms with van der Waals surface area (Å²) in [6.45, 7) is 4.00. The Morgan fingerprint density at radius 1 is 1.31 bits per heavy atom. The topological polar surface area (TPSA) is 67.9 Å². The zero-order valence-corrected chi connectivity index (χ0v) is 17.6. The van der Waals surface area contributed by atoms with Gasteiger partial charge < -0.3 is 10.5 Å². The Morgan fingerprint density at radius 2 is 1.96 bits per heavy atom. The van der Waals surface area contributed by atoms with Crippen LogP contribution >= 0.6 is 15.9 Å². The average molecular weight is 422 g/mol. The van der Waals surface area contributed by atoms with Gasteiger partial charge in [0, 0.05) is 24.0 Å². The molecule has 5 nitrogen and oxygen atoms in total. The number of nitrogens with zero attached hydrogens (tertiary/aromatic N) is 2. The number of nitrogens with two attached hydrogens (primary N) is 1. The van der Waals surface area contributed by atoms with E-state index in [1.807, 2.05) is 19.9 Å². The molecule has 0 saturated heterocycles. The number of amides is 1. The summed E-state index contributed by atoms with van der Waals surface area (Å²) in [6.07, 6.45) is 4.92. The first-order valence-electron chi connectivity index (χ1n) is 9.39. The van der Waals surface area contributed by atoms with Crippen LogP contribution in [0.3, 0.4) is 0 Å². The van der Waals surface area contributed by atoms with Gasteiger partial charge in [0.2, 0.25) is 0 Å². The van der Waals surface area contributed by atoms with E-state index in [-0.39, 0.29) is 17.4 Å². The average Bonchev–Trinajstić information content (AvgIpc) is 3.05. The van der Waals surface area contributed by atoms with E-state index in [9.17, 15) is 4.79 Å². The van der Waals surface area contributed by atoms with Gasteiger partial charge in [-0.15, -0.1) is 0 Å². The third-order valence-electron chi connectivity index (χ3n) is 6.22. The minimum atomic E-state index is -0.871. The second kappa shape index (κ2) is 6.97. The third-order valence-corrected chi connectivity index (χ3v) is 6.71. The van der Waals surface area contributed by atoms with Crippen molar-refractivity contribution >= 4 is 27.8 Å². The molecule has 1 saturated carbocycles. The molecule has 1 fully saturated rings. The smallest absolute Gasteiger partial charge is 0.262 e. The van der Waals surface area contributed by atoms with Crippen molar-refractivity contribution in [2.24, 2.45) is 16.1 Å². The number of fused-ring (bicyclic) bond motifs is 3. The molecule has 26 heavy (non-hydrogen) atoms. The number of halogens is 1. The highest BCUT2D eigenvalue weighted by Crippen LogP contribution is 2.61. The van der Waals surface area contributed by atoms with Crippen LogP contribution in [-0.4, -0.2) is 37.0 Å². The molecule has 142 valence electrons. The van der Waals surface area contributed by atoms with E-state index in [4.69, 9.17) is 15.5 Å². The molecule has 2 N–H and O–H groups in total. The van der Waals surface area contributed by atoms with Crippen molar-refractivity contribution in [2.45, 2.75) is 57.6 Å². The molecule has 1 atom stereocenters. The van der Waals surface area contributed by atoms with Crippen molar-refractivity contribution in [3.63, 3.8) is 0 Å². The number of methoxy groups -OCH3 is 1. The molecule has 4 rings (SSSR count). The molecule has 2 aliphatic carbocycles. The molecule has 1 amide bonds. The van der Waals surface area contributed by atoms with Gasteiger partial charge in [-0.3, -0.25) is 9.69 Å². The van der Waals surface area contributed by atoms with Crippen molar-refractivity contribution in [1.82, 2.24) is 4.90 Å². The van der Waals surface area contributed by atoms with E-state index in [1.165, 1.54) is 10.5 Å². The quantitative estimate of drug-likeness (QED) is 0.752. The van der Waals surface area contributed by atoms with Gasteiger partial charge in [0.1, 0.15) is 0 Å². The fourth-order valence-electron chi connectivity index (χ4n) is 4.90. The standard InChI is InChI=1S/C18H22BrN3O2.C2H6/c1-22-15(23)18(21-16(22)20)14-9-12(19)4-3-11(14)10-17(18)7-5-13(24-2)6-8-17;1-2/h3-4,9,13H,5-8,10H2,1-2H3,(H2,20,21);1-2H3. The molecule has 1 aromatic rings. The molecule has 0 radical (unpaired) electrons. The van der Waals surface area contributed by atoms with Crippen molar-refractivity contribution in [1.29, 1.82) is 0 Å². The summed E-state index contributed by atoms with van der Waals surface area (Å²) in [5, 5.41) is 0. The van der Waals surface area contributed by atoms with Gasteiger partial charge in [0.15, 0.2) is 11.5 Å². The van der Waals surface area contributed by atoms with Crippen molar-refractivity contribution in [3.05, 3.63) is 33.8 Å². The molecule has 2 spiro atoms. The van der Waals surface area contributed by atoms with Crippen LogP contribution < -0.4 is 5.73 Å². The summed E-state index contributed by atoms with van der Waals surface area (Å²) >= 11 is 3.55. The first kappa shape index (κ1) is 19.4. The third kappa shape index (κ3) is 2.53. The SMILES string of the molecule is CC.COC1CCC2(CC1)Cc1ccc(Br)cc1C21N=C(N)N(C)C1=O. The van der Waals surface area contributed by atoms with Gasteiger partial charge in [-0.1, -0.05) is 35.8 Å². The van der Waals surface area contributed by atoms with E-state index < -0.39 is 5.54 Å². The van der Waals surface area contributed by atoms with Gasteiger partial charge in [-0.25, -0.2) is 4.99 Å². The number of hydrogen-bond acceptors (Lipinski definition) is 4. The van der Waals surface area contributed by atoms with Gasteiger partial charge in [-0.2, -0.15) is 0 Å². The predicted molar refractivity (Wildman–Crippen MR) is 107 cm³/mol. The first-order valence-corrected chi connectivity index (χ1v) is 10.2. The molecule has 1 aromatic carbocycles. The Labute approximate surface area is 164 Å². The summed E-state index contributed by atoms with van der Waals surface area (Å²) in [6, 6.07) is 6.22. The minimum absolute atomic E-state index is 0.00715. The fourth-order valence-corrected chi connectivity index (χ4v) is 5.26. The summed E-state index contributed by atoms with van der Waals surface area (Å²) in [4.78, 5) is 19.6. The van der Waals surface area contributed by atoms with Crippen LogP contribution in [0.1, 0.15) is 50.7 Å². The van der Waals surface area contributed by atoms with Crippen LogP contribution in [0.4, 0.5) is 0 Å². The number of likely N-dealkylation sites (N-methyl/N-ethyl adjacent to an activating group) is 1. The number of carbonyl (C=O) groups excluding carboxylic acids is 1. The molecular formula is C20H28BrN3O2. The highest BCUT2D eigenvalue weighted by atomic mass is 79.9. The molecule has 3 aliphatic rings. The molecule has 1 aliphatic heterocycles. The Bertz CT molecular complexity index is 741. The zero-order chi connectivity index (χ0) is 19.1. The normalized spacial score (nSPS) is 32.5. The van der Waals surface area contributed by atoms with E-state index >= 15 is 0 Å². The van der Waals surface area contributed by atoms with Crippen LogP contribution in [0.5, 0.6) is 0 Å². The summed E-state index contributed by atoms with van der Waals surface area (Å²) < 4.78 is 6.52. The van der Waals surface area contributed by atoms with E-state index in [0.717, 1.165) is 42.1 Å². The lowest BCUT2D eigenvalue weighted by molar-refractivity contribution is -0.137. The number of carbonyl (C=O) groups is 1. The Hall–Kier alpha value is -1.40. The van der Waals surface area contributed by atoms with Crippen molar-refractivity contribution in [2.75, 3.05) is 14.2 Å². The molecule has 1 unspecified atom stereocenters. The number of ether oxygens (including phenoxy) is 1. The lowest BCUT2D eigenvalue weighted by Crippen LogP contribution is -2.51. The number of hydrogen-bond donors (Lipinski definition) is 1. The maximum atomic E-state index is 13.3. The first-order chi connectivity index (χ1) is 12.4. The molecule has 1 heterocycles.